The summed E-state index contributed by atoms with van der Waals surface area (Å²) in [5.41, 5.74) is 9.00. The first-order chi connectivity index (χ1) is 9.56. The van der Waals surface area contributed by atoms with Crippen LogP contribution in [0.1, 0.15) is 16.7 Å². The van der Waals surface area contributed by atoms with Crippen molar-refractivity contribution in [1.29, 1.82) is 0 Å². The van der Waals surface area contributed by atoms with Crippen molar-refractivity contribution in [3.05, 3.63) is 59.2 Å². The molecule has 4 nitrogen and oxygen atoms in total. The first-order valence-corrected chi connectivity index (χ1v) is 6.34. The summed E-state index contributed by atoms with van der Waals surface area (Å²) in [4.78, 5) is 10.8. The van der Waals surface area contributed by atoms with Crippen LogP contribution < -0.4 is 10.5 Å². The average molecular weight is 271 g/mol. The molecule has 0 fully saturated rings. The minimum Gasteiger partial charge on any atom is -0.489 e. The lowest BCUT2D eigenvalue weighted by Crippen LogP contribution is -2.06. The fourth-order valence-corrected chi connectivity index (χ4v) is 2.02. The molecule has 2 rings (SSSR count). The molecule has 0 saturated carbocycles. The summed E-state index contributed by atoms with van der Waals surface area (Å²) in [6.07, 6.45) is 0.000251. The molecule has 2 aromatic rings. The number of carboxylic acid groups (broad SMARTS) is 1. The van der Waals surface area contributed by atoms with Crippen LogP contribution in [0, 0.1) is 6.92 Å². The zero-order valence-electron chi connectivity index (χ0n) is 11.3. The van der Waals surface area contributed by atoms with Gasteiger partial charge in [0.25, 0.3) is 0 Å². The molecule has 0 aliphatic rings. The SMILES string of the molecule is Cc1cc(N)ccc1OCc1ccccc1CC(=O)O. The van der Waals surface area contributed by atoms with Crippen LogP contribution in [0.25, 0.3) is 0 Å². The molecule has 2 aromatic carbocycles. The van der Waals surface area contributed by atoms with E-state index in [9.17, 15) is 4.79 Å². The molecule has 0 amide bonds. The summed E-state index contributed by atoms with van der Waals surface area (Å²) in [6, 6.07) is 12.8. The Morgan fingerprint density at radius 2 is 1.90 bits per heavy atom. The first kappa shape index (κ1) is 13.9. The van der Waals surface area contributed by atoms with E-state index in [0.717, 1.165) is 22.4 Å². The number of nitrogen functional groups attached to an aromatic ring is 1. The van der Waals surface area contributed by atoms with Gasteiger partial charge in [-0.25, -0.2) is 0 Å². The van der Waals surface area contributed by atoms with E-state index in [1.165, 1.54) is 0 Å². The van der Waals surface area contributed by atoms with Gasteiger partial charge in [-0.2, -0.15) is 0 Å². The van der Waals surface area contributed by atoms with Crippen molar-refractivity contribution in [2.45, 2.75) is 20.0 Å². The Bertz CT molecular complexity index is 623. The summed E-state index contributed by atoms with van der Waals surface area (Å²) in [5.74, 6) is -0.0922. The van der Waals surface area contributed by atoms with Gasteiger partial charge in [-0.1, -0.05) is 24.3 Å². The van der Waals surface area contributed by atoms with Gasteiger partial charge < -0.3 is 15.6 Å². The maximum atomic E-state index is 10.8. The number of anilines is 1. The van der Waals surface area contributed by atoms with E-state index in [2.05, 4.69) is 0 Å². The highest BCUT2D eigenvalue weighted by Crippen LogP contribution is 2.22. The van der Waals surface area contributed by atoms with E-state index in [-0.39, 0.29) is 6.42 Å². The van der Waals surface area contributed by atoms with Crippen molar-refractivity contribution in [2.75, 3.05) is 5.73 Å². The van der Waals surface area contributed by atoms with Crippen LogP contribution >= 0.6 is 0 Å². The number of carboxylic acids is 1. The quantitative estimate of drug-likeness (QED) is 0.820. The van der Waals surface area contributed by atoms with Gasteiger partial charge in [0.05, 0.1) is 6.42 Å². The predicted molar refractivity (Wildman–Crippen MR) is 77.7 cm³/mol. The van der Waals surface area contributed by atoms with E-state index in [4.69, 9.17) is 15.6 Å². The number of hydrogen-bond acceptors (Lipinski definition) is 3. The van der Waals surface area contributed by atoms with Crippen molar-refractivity contribution in [1.82, 2.24) is 0 Å². The van der Waals surface area contributed by atoms with E-state index in [1.807, 2.05) is 43.3 Å². The molecule has 0 radical (unpaired) electrons. The van der Waals surface area contributed by atoms with Crippen molar-refractivity contribution in [3.63, 3.8) is 0 Å². The second kappa shape index (κ2) is 6.10. The lowest BCUT2D eigenvalue weighted by Gasteiger charge is -2.12. The Balaban J connectivity index is 2.12. The van der Waals surface area contributed by atoms with E-state index < -0.39 is 5.97 Å². The molecule has 0 bridgehead atoms. The molecule has 104 valence electrons. The fraction of sp³-hybridized carbons (Fsp3) is 0.188. The number of aryl methyl sites for hydroxylation is 1. The Morgan fingerprint density at radius 3 is 2.55 bits per heavy atom. The van der Waals surface area contributed by atoms with Crippen LogP contribution in [0.2, 0.25) is 0 Å². The summed E-state index contributed by atoms with van der Waals surface area (Å²) < 4.78 is 5.75. The number of nitrogens with two attached hydrogens (primary N) is 1. The highest BCUT2D eigenvalue weighted by Gasteiger charge is 2.07. The zero-order valence-corrected chi connectivity index (χ0v) is 11.3. The Hall–Kier alpha value is -2.49. The van der Waals surface area contributed by atoms with Crippen molar-refractivity contribution in [3.8, 4) is 5.75 Å². The topological polar surface area (TPSA) is 72.5 Å². The van der Waals surface area contributed by atoms with Gasteiger partial charge in [-0.3, -0.25) is 4.79 Å². The van der Waals surface area contributed by atoms with Crippen molar-refractivity contribution >= 4 is 11.7 Å². The molecule has 0 spiro atoms. The Kier molecular flexibility index (Phi) is 4.25. The zero-order chi connectivity index (χ0) is 14.5. The molecule has 0 aromatic heterocycles. The van der Waals surface area contributed by atoms with Crippen LogP contribution in [0.15, 0.2) is 42.5 Å². The lowest BCUT2D eigenvalue weighted by atomic mass is 10.1. The first-order valence-electron chi connectivity index (χ1n) is 6.34. The maximum Gasteiger partial charge on any atom is 0.307 e. The third-order valence-corrected chi connectivity index (χ3v) is 3.04. The number of benzene rings is 2. The maximum absolute atomic E-state index is 10.8. The van der Waals surface area contributed by atoms with E-state index in [0.29, 0.717) is 12.3 Å². The standard InChI is InChI=1S/C16H17NO3/c1-11-8-14(17)6-7-15(11)20-10-13-5-3-2-4-12(13)9-16(18)19/h2-8H,9-10,17H2,1H3,(H,18,19). The lowest BCUT2D eigenvalue weighted by molar-refractivity contribution is -0.136. The minimum absolute atomic E-state index is 0.000251. The third-order valence-electron chi connectivity index (χ3n) is 3.04. The summed E-state index contributed by atoms with van der Waals surface area (Å²) in [6.45, 7) is 2.27. The molecule has 0 aliphatic carbocycles. The highest BCUT2D eigenvalue weighted by molar-refractivity contribution is 5.70. The summed E-state index contributed by atoms with van der Waals surface area (Å²) in [7, 11) is 0. The van der Waals surface area contributed by atoms with Gasteiger partial charge in [0.2, 0.25) is 0 Å². The molecule has 0 atom stereocenters. The normalized spacial score (nSPS) is 10.2. The van der Waals surface area contributed by atoms with Crippen molar-refractivity contribution in [2.24, 2.45) is 0 Å². The number of ether oxygens (including phenoxy) is 1. The molecule has 3 N–H and O–H groups in total. The largest absolute Gasteiger partial charge is 0.489 e. The molecular weight excluding hydrogens is 254 g/mol. The predicted octanol–water partition coefficient (Wildman–Crippen LogP) is 2.78. The smallest absolute Gasteiger partial charge is 0.307 e. The molecule has 0 saturated heterocycles. The van der Waals surface area contributed by atoms with Gasteiger partial charge in [0.15, 0.2) is 0 Å². The minimum atomic E-state index is -0.846. The summed E-state index contributed by atoms with van der Waals surface area (Å²) >= 11 is 0. The molecular formula is C16H17NO3. The van der Waals surface area contributed by atoms with Gasteiger partial charge in [-0.05, 0) is 41.8 Å². The summed E-state index contributed by atoms with van der Waals surface area (Å²) in [5, 5.41) is 8.90. The van der Waals surface area contributed by atoms with Crippen LogP contribution in [0.4, 0.5) is 5.69 Å². The Labute approximate surface area is 117 Å². The van der Waals surface area contributed by atoms with Gasteiger partial charge in [-0.15, -0.1) is 0 Å². The number of hydrogen-bond donors (Lipinski definition) is 2. The van der Waals surface area contributed by atoms with E-state index >= 15 is 0 Å². The molecule has 0 heterocycles. The second-order valence-electron chi connectivity index (χ2n) is 4.65. The van der Waals surface area contributed by atoms with Gasteiger partial charge >= 0.3 is 5.97 Å². The average Bonchev–Trinajstić information content (AvgIpc) is 2.39. The molecule has 0 aliphatic heterocycles. The monoisotopic (exact) mass is 271 g/mol. The molecule has 20 heavy (non-hydrogen) atoms. The van der Waals surface area contributed by atoms with Crippen LogP contribution in [-0.2, 0) is 17.8 Å². The van der Waals surface area contributed by atoms with Gasteiger partial charge in [0.1, 0.15) is 12.4 Å². The van der Waals surface area contributed by atoms with Crippen LogP contribution in [-0.4, -0.2) is 11.1 Å². The Morgan fingerprint density at radius 1 is 1.20 bits per heavy atom. The highest BCUT2D eigenvalue weighted by atomic mass is 16.5. The van der Waals surface area contributed by atoms with Crippen molar-refractivity contribution < 1.29 is 14.6 Å². The third kappa shape index (κ3) is 3.51. The van der Waals surface area contributed by atoms with E-state index in [1.54, 1.807) is 6.07 Å². The number of aliphatic carboxylic acids is 1. The molecule has 0 unspecified atom stereocenters. The number of rotatable bonds is 5. The van der Waals surface area contributed by atoms with Crippen LogP contribution in [0.5, 0.6) is 5.75 Å². The fourth-order valence-electron chi connectivity index (χ4n) is 2.02. The van der Waals surface area contributed by atoms with Crippen LogP contribution in [0.3, 0.4) is 0 Å². The number of carbonyl (C=O) groups is 1. The van der Waals surface area contributed by atoms with Gasteiger partial charge in [0, 0.05) is 5.69 Å². The second-order valence-corrected chi connectivity index (χ2v) is 4.65. The molecule has 4 heteroatoms.